The van der Waals surface area contributed by atoms with Crippen LogP contribution in [0.3, 0.4) is 0 Å². The predicted octanol–water partition coefficient (Wildman–Crippen LogP) is 1.88. The zero-order valence-corrected chi connectivity index (χ0v) is 11.3. The Labute approximate surface area is 106 Å². The Morgan fingerprint density at radius 3 is 2.76 bits per heavy atom. The van der Waals surface area contributed by atoms with Gasteiger partial charge in [-0.2, -0.15) is 0 Å². The van der Waals surface area contributed by atoms with Crippen LogP contribution in [0.25, 0.3) is 0 Å². The first kappa shape index (κ1) is 13.3. The van der Waals surface area contributed by atoms with Gasteiger partial charge >= 0.3 is 0 Å². The number of hydrogen-bond acceptors (Lipinski definition) is 3. The lowest BCUT2D eigenvalue weighted by atomic mass is 9.99. The summed E-state index contributed by atoms with van der Waals surface area (Å²) in [5.41, 5.74) is 0. The van der Waals surface area contributed by atoms with Crippen LogP contribution in [0.1, 0.15) is 39.0 Å². The first-order valence-corrected chi connectivity index (χ1v) is 7.38. The molecule has 2 aliphatic rings. The van der Waals surface area contributed by atoms with E-state index in [9.17, 15) is 0 Å². The lowest BCUT2D eigenvalue weighted by molar-refractivity contribution is 0.0700. The van der Waals surface area contributed by atoms with Gasteiger partial charge in [0, 0.05) is 12.6 Å². The third-order valence-corrected chi connectivity index (χ3v) is 4.12. The van der Waals surface area contributed by atoms with Crippen molar-refractivity contribution in [3.8, 4) is 0 Å². The highest BCUT2D eigenvalue weighted by Gasteiger charge is 2.15. The fourth-order valence-electron chi connectivity index (χ4n) is 2.80. The van der Waals surface area contributed by atoms with E-state index >= 15 is 0 Å². The third-order valence-electron chi connectivity index (χ3n) is 4.12. The first-order chi connectivity index (χ1) is 8.34. The molecule has 0 radical (unpaired) electrons. The molecule has 0 aromatic heterocycles. The quantitative estimate of drug-likeness (QED) is 0.743. The van der Waals surface area contributed by atoms with Crippen LogP contribution in [0.5, 0.6) is 0 Å². The SMILES string of the molecule is CC1CCN(CCCNC2CCCOC2)CC1. The fraction of sp³-hybridized carbons (Fsp3) is 1.00. The molecule has 0 amide bonds. The average molecular weight is 240 g/mol. The second-order valence-corrected chi connectivity index (χ2v) is 5.75. The number of nitrogens with zero attached hydrogens (tertiary/aromatic N) is 1. The zero-order valence-electron chi connectivity index (χ0n) is 11.3. The molecule has 2 saturated heterocycles. The normalized spacial score (nSPS) is 28.4. The third kappa shape index (κ3) is 4.94. The van der Waals surface area contributed by atoms with E-state index in [1.54, 1.807) is 0 Å². The smallest absolute Gasteiger partial charge is 0.0619 e. The van der Waals surface area contributed by atoms with Crippen molar-refractivity contribution in [1.82, 2.24) is 10.2 Å². The minimum Gasteiger partial charge on any atom is -0.380 e. The molecule has 0 aliphatic carbocycles. The molecular weight excluding hydrogens is 212 g/mol. The summed E-state index contributed by atoms with van der Waals surface area (Å²) in [6, 6.07) is 0.616. The minimum atomic E-state index is 0.616. The maximum atomic E-state index is 5.47. The van der Waals surface area contributed by atoms with Crippen molar-refractivity contribution in [2.45, 2.75) is 45.1 Å². The van der Waals surface area contributed by atoms with Gasteiger partial charge in [-0.1, -0.05) is 6.92 Å². The van der Waals surface area contributed by atoms with Crippen LogP contribution >= 0.6 is 0 Å². The van der Waals surface area contributed by atoms with E-state index in [1.165, 1.54) is 51.7 Å². The Balaban J connectivity index is 1.48. The second kappa shape index (κ2) is 7.34. The number of nitrogens with one attached hydrogen (secondary N) is 1. The van der Waals surface area contributed by atoms with Crippen molar-refractivity contribution < 1.29 is 4.74 Å². The fourth-order valence-corrected chi connectivity index (χ4v) is 2.80. The van der Waals surface area contributed by atoms with Gasteiger partial charge in [0.15, 0.2) is 0 Å². The summed E-state index contributed by atoms with van der Waals surface area (Å²) < 4.78 is 5.47. The van der Waals surface area contributed by atoms with Gasteiger partial charge in [-0.3, -0.25) is 0 Å². The summed E-state index contributed by atoms with van der Waals surface area (Å²) in [5.74, 6) is 0.948. The molecular formula is C14H28N2O. The highest BCUT2D eigenvalue weighted by atomic mass is 16.5. The number of likely N-dealkylation sites (tertiary alicyclic amines) is 1. The topological polar surface area (TPSA) is 24.5 Å². The predicted molar refractivity (Wildman–Crippen MR) is 71.3 cm³/mol. The summed E-state index contributed by atoms with van der Waals surface area (Å²) in [5, 5.41) is 3.62. The van der Waals surface area contributed by atoms with Gasteiger partial charge < -0.3 is 15.0 Å². The Morgan fingerprint density at radius 2 is 2.06 bits per heavy atom. The van der Waals surface area contributed by atoms with Crippen LogP contribution < -0.4 is 5.32 Å². The second-order valence-electron chi connectivity index (χ2n) is 5.75. The summed E-state index contributed by atoms with van der Waals surface area (Å²) in [6.07, 6.45) is 6.58. The minimum absolute atomic E-state index is 0.616. The van der Waals surface area contributed by atoms with Crippen molar-refractivity contribution in [3.05, 3.63) is 0 Å². The number of hydrogen-bond donors (Lipinski definition) is 1. The van der Waals surface area contributed by atoms with E-state index in [0.29, 0.717) is 6.04 Å². The van der Waals surface area contributed by atoms with Crippen LogP contribution in [0.15, 0.2) is 0 Å². The largest absolute Gasteiger partial charge is 0.380 e. The van der Waals surface area contributed by atoms with Crippen LogP contribution in [0.4, 0.5) is 0 Å². The molecule has 0 saturated carbocycles. The van der Waals surface area contributed by atoms with Crippen LogP contribution in [0, 0.1) is 5.92 Å². The molecule has 2 aliphatic heterocycles. The summed E-state index contributed by atoms with van der Waals surface area (Å²) in [7, 11) is 0. The first-order valence-electron chi connectivity index (χ1n) is 7.38. The number of piperidine rings is 1. The Kier molecular flexibility index (Phi) is 5.75. The van der Waals surface area contributed by atoms with Crippen molar-refractivity contribution in [2.24, 2.45) is 5.92 Å². The average Bonchev–Trinajstić information content (AvgIpc) is 2.38. The van der Waals surface area contributed by atoms with Crippen molar-refractivity contribution >= 4 is 0 Å². The van der Waals surface area contributed by atoms with Gasteiger partial charge in [0.05, 0.1) is 6.61 Å². The van der Waals surface area contributed by atoms with Gasteiger partial charge in [0.2, 0.25) is 0 Å². The van der Waals surface area contributed by atoms with Gasteiger partial charge in [0.1, 0.15) is 0 Å². The Bertz CT molecular complexity index is 196. The van der Waals surface area contributed by atoms with E-state index in [2.05, 4.69) is 17.1 Å². The molecule has 100 valence electrons. The van der Waals surface area contributed by atoms with Gasteiger partial charge in [-0.15, -0.1) is 0 Å². The van der Waals surface area contributed by atoms with E-state index in [-0.39, 0.29) is 0 Å². The Morgan fingerprint density at radius 1 is 1.24 bits per heavy atom. The van der Waals surface area contributed by atoms with Crippen LogP contribution in [-0.4, -0.2) is 50.3 Å². The van der Waals surface area contributed by atoms with Crippen molar-refractivity contribution in [2.75, 3.05) is 39.4 Å². The van der Waals surface area contributed by atoms with Crippen molar-refractivity contribution in [1.29, 1.82) is 0 Å². The molecule has 0 spiro atoms. The summed E-state index contributed by atoms with van der Waals surface area (Å²) >= 11 is 0. The standard InChI is InChI=1S/C14H28N2O/c1-13-5-9-16(10-6-13)8-3-7-15-14-4-2-11-17-12-14/h13-15H,2-12H2,1H3. The van der Waals surface area contributed by atoms with Crippen LogP contribution in [-0.2, 0) is 4.74 Å². The molecule has 1 unspecified atom stereocenters. The maximum Gasteiger partial charge on any atom is 0.0619 e. The van der Waals surface area contributed by atoms with E-state index in [1.807, 2.05) is 0 Å². The lowest BCUT2D eigenvalue weighted by Crippen LogP contribution is -2.39. The van der Waals surface area contributed by atoms with E-state index in [4.69, 9.17) is 4.74 Å². The molecule has 1 N–H and O–H groups in total. The molecule has 2 fully saturated rings. The summed E-state index contributed by atoms with van der Waals surface area (Å²) in [6.45, 7) is 9.31. The molecule has 0 aromatic rings. The van der Waals surface area contributed by atoms with Gasteiger partial charge in [-0.25, -0.2) is 0 Å². The molecule has 3 heteroatoms. The molecule has 3 nitrogen and oxygen atoms in total. The van der Waals surface area contributed by atoms with Crippen LogP contribution in [0.2, 0.25) is 0 Å². The molecule has 0 aromatic carbocycles. The monoisotopic (exact) mass is 240 g/mol. The molecule has 1 atom stereocenters. The van der Waals surface area contributed by atoms with Gasteiger partial charge in [-0.05, 0) is 64.2 Å². The molecule has 2 rings (SSSR count). The maximum absolute atomic E-state index is 5.47. The van der Waals surface area contributed by atoms with E-state index < -0.39 is 0 Å². The van der Waals surface area contributed by atoms with Crippen molar-refractivity contribution in [3.63, 3.8) is 0 Å². The number of rotatable bonds is 5. The molecule has 0 bridgehead atoms. The lowest BCUT2D eigenvalue weighted by Gasteiger charge is -2.30. The zero-order chi connectivity index (χ0) is 11.9. The highest BCUT2D eigenvalue weighted by Crippen LogP contribution is 2.15. The molecule has 2 heterocycles. The highest BCUT2D eigenvalue weighted by molar-refractivity contribution is 4.72. The van der Waals surface area contributed by atoms with Gasteiger partial charge in [0.25, 0.3) is 0 Å². The number of ether oxygens (including phenoxy) is 1. The summed E-state index contributed by atoms with van der Waals surface area (Å²) in [4.78, 5) is 2.62. The Hall–Kier alpha value is -0.120. The van der Waals surface area contributed by atoms with E-state index in [0.717, 1.165) is 25.7 Å². The molecule has 17 heavy (non-hydrogen) atoms.